The Bertz CT molecular complexity index is 516. The smallest absolute Gasteiger partial charge is 0.309 e. The molecule has 0 aliphatic carbocycles. The number of carbonyl (C=O) groups is 1. The molecule has 1 fully saturated rings. The van der Waals surface area contributed by atoms with Crippen molar-refractivity contribution in [1.29, 1.82) is 5.26 Å². The van der Waals surface area contributed by atoms with Gasteiger partial charge in [0.05, 0.1) is 26.1 Å². The van der Waals surface area contributed by atoms with E-state index in [1.54, 1.807) is 0 Å². The summed E-state index contributed by atoms with van der Waals surface area (Å²) < 4.78 is 4.75. The third kappa shape index (κ3) is 4.55. The molecule has 21 heavy (non-hydrogen) atoms. The lowest BCUT2D eigenvalue weighted by molar-refractivity contribution is -0.139. The maximum absolute atomic E-state index is 11.5. The largest absolute Gasteiger partial charge is 0.469 e. The van der Waals surface area contributed by atoms with Gasteiger partial charge in [0.15, 0.2) is 0 Å². The fourth-order valence-electron chi connectivity index (χ4n) is 2.56. The zero-order valence-corrected chi connectivity index (χ0v) is 12.4. The highest BCUT2D eigenvalue weighted by atomic mass is 16.5. The van der Waals surface area contributed by atoms with Crippen LogP contribution in [-0.4, -0.2) is 55.6 Å². The average molecular weight is 287 g/mol. The molecule has 5 heteroatoms. The van der Waals surface area contributed by atoms with Gasteiger partial charge in [-0.25, -0.2) is 0 Å². The first kappa shape index (κ1) is 15.5. The van der Waals surface area contributed by atoms with E-state index in [-0.39, 0.29) is 5.97 Å². The summed E-state index contributed by atoms with van der Waals surface area (Å²) in [5.41, 5.74) is 2.21. The lowest BCUT2D eigenvalue weighted by Crippen LogP contribution is -2.45. The average Bonchev–Trinajstić information content (AvgIpc) is 2.51. The number of esters is 1. The number of ether oxygens (including phenoxy) is 1. The van der Waals surface area contributed by atoms with Gasteiger partial charge in [0.2, 0.25) is 0 Å². The Balaban J connectivity index is 1.94. The van der Waals surface area contributed by atoms with E-state index in [1.807, 2.05) is 18.2 Å². The molecule has 0 N–H and O–H groups in total. The maximum Gasteiger partial charge on any atom is 0.309 e. The Morgan fingerprint density at radius 2 is 1.81 bits per heavy atom. The van der Waals surface area contributed by atoms with Crippen LogP contribution >= 0.6 is 0 Å². The fourth-order valence-corrected chi connectivity index (χ4v) is 2.56. The zero-order valence-electron chi connectivity index (χ0n) is 12.4. The molecule has 0 aromatic heterocycles. The molecule has 1 heterocycles. The Labute approximate surface area is 125 Å². The number of benzene rings is 1. The number of rotatable bonds is 5. The highest BCUT2D eigenvalue weighted by Gasteiger charge is 2.17. The second-order valence-corrected chi connectivity index (χ2v) is 5.23. The molecular formula is C16H21N3O2. The van der Waals surface area contributed by atoms with Crippen LogP contribution in [0.5, 0.6) is 0 Å². The van der Waals surface area contributed by atoms with Crippen molar-refractivity contribution in [2.45, 2.75) is 13.0 Å². The highest BCUT2D eigenvalue weighted by molar-refractivity contribution is 5.72. The fraction of sp³-hybridized carbons (Fsp3) is 0.500. The van der Waals surface area contributed by atoms with Gasteiger partial charge in [-0.05, 0) is 11.1 Å². The van der Waals surface area contributed by atoms with E-state index in [9.17, 15) is 4.79 Å². The predicted molar refractivity (Wildman–Crippen MR) is 79.5 cm³/mol. The summed E-state index contributed by atoms with van der Waals surface area (Å²) in [6.07, 6.45) is 0.321. The third-order valence-electron chi connectivity index (χ3n) is 3.83. The predicted octanol–water partition coefficient (Wildman–Crippen LogP) is 1.04. The normalized spacial score (nSPS) is 16.4. The van der Waals surface area contributed by atoms with Crippen LogP contribution in [0.2, 0.25) is 0 Å². The lowest BCUT2D eigenvalue weighted by Gasteiger charge is -2.33. The summed E-state index contributed by atoms with van der Waals surface area (Å²) in [4.78, 5) is 16.0. The summed E-state index contributed by atoms with van der Waals surface area (Å²) in [7, 11) is 1.42. The Hall–Kier alpha value is -1.90. The summed E-state index contributed by atoms with van der Waals surface area (Å²) in [5.74, 6) is -0.207. The minimum Gasteiger partial charge on any atom is -0.469 e. The van der Waals surface area contributed by atoms with Crippen LogP contribution in [0.15, 0.2) is 24.3 Å². The standard InChI is InChI=1S/C16H21N3O2/c1-21-16(20)12-14-4-2-3-5-15(14)13-19-10-8-18(7-6-17)9-11-19/h2-5H,7-13H2,1H3. The molecule has 1 aliphatic heterocycles. The van der Waals surface area contributed by atoms with Crippen LogP contribution in [-0.2, 0) is 22.5 Å². The van der Waals surface area contributed by atoms with Gasteiger partial charge >= 0.3 is 5.97 Å². The Kier molecular flexibility index (Phi) is 5.73. The molecule has 0 atom stereocenters. The van der Waals surface area contributed by atoms with Crippen LogP contribution in [0.3, 0.4) is 0 Å². The van der Waals surface area contributed by atoms with Crippen molar-refractivity contribution in [3.05, 3.63) is 35.4 Å². The van der Waals surface area contributed by atoms with E-state index in [0.717, 1.165) is 38.3 Å². The molecule has 1 aromatic rings. The summed E-state index contributed by atoms with van der Waals surface area (Å²) in [6, 6.07) is 10.2. The lowest BCUT2D eigenvalue weighted by atomic mass is 10.0. The zero-order chi connectivity index (χ0) is 15.1. The van der Waals surface area contributed by atoms with Gasteiger partial charge in [-0.15, -0.1) is 0 Å². The SMILES string of the molecule is COC(=O)Cc1ccccc1CN1CCN(CC#N)CC1. The minimum atomic E-state index is -0.207. The monoisotopic (exact) mass is 287 g/mol. The topological polar surface area (TPSA) is 56.6 Å². The van der Waals surface area contributed by atoms with Crippen LogP contribution in [0, 0.1) is 11.3 Å². The number of carbonyl (C=O) groups excluding carboxylic acids is 1. The van der Waals surface area contributed by atoms with Gasteiger partial charge in [0.1, 0.15) is 0 Å². The molecule has 1 aliphatic rings. The van der Waals surface area contributed by atoms with E-state index >= 15 is 0 Å². The molecule has 0 bridgehead atoms. The van der Waals surface area contributed by atoms with Gasteiger partial charge < -0.3 is 4.74 Å². The van der Waals surface area contributed by atoms with Crippen LogP contribution in [0.25, 0.3) is 0 Å². The van der Waals surface area contributed by atoms with Gasteiger partial charge in [-0.3, -0.25) is 14.6 Å². The molecular weight excluding hydrogens is 266 g/mol. The van der Waals surface area contributed by atoms with Gasteiger partial charge in [0.25, 0.3) is 0 Å². The Morgan fingerprint density at radius 3 is 2.43 bits per heavy atom. The molecule has 0 radical (unpaired) electrons. The second kappa shape index (κ2) is 7.77. The van der Waals surface area contributed by atoms with Crippen LogP contribution in [0.4, 0.5) is 0 Å². The van der Waals surface area contributed by atoms with Crippen molar-refractivity contribution < 1.29 is 9.53 Å². The van der Waals surface area contributed by atoms with Gasteiger partial charge in [-0.1, -0.05) is 24.3 Å². The molecule has 5 nitrogen and oxygen atoms in total. The summed E-state index contributed by atoms with van der Waals surface area (Å²) in [5, 5.41) is 8.71. The van der Waals surface area contributed by atoms with Crippen molar-refractivity contribution in [2.24, 2.45) is 0 Å². The first-order valence-corrected chi connectivity index (χ1v) is 7.18. The highest BCUT2D eigenvalue weighted by Crippen LogP contribution is 2.14. The molecule has 112 valence electrons. The maximum atomic E-state index is 11.5. The van der Waals surface area contributed by atoms with E-state index in [1.165, 1.54) is 12.7 Å². The van der Waals surface area contributed by atoms with Crippen LogP contribution in [0.1, 0.15) is 11.1 Å². The van der Waals surface area contributed by atoms with E-state index in [0.29, 0.717) is 13.0 Å². The van der Waals surface area contributed by atoms with Crippen molar-refractivity contribution in [2.75, 3.05) is 39.8 Å². The summed E-state index contributed by atoms with van der Waals surface area (Å²) in [6.45, 7) is 5.10. The van der Waals surface area contributed by atoms with Crippen molar-refractivity contribution in [1.82, 2.24) is 9.80 Å². The molecule has 2 rings (SSSR count). The van der Waals surface area contributed by atoms with E-state index < -0.39 is 0 Å². The first-order chi connectivity index (χ1) is 10.2. The molecule has 0 amide bonds. The van der Waals surface area contributed by atoms with E-state index in [4.69, 9.17) is 10.00 Å². The summed E-state index contributed by atoms with van der Waals surface area (Å²) >= 11 is 0. The van der Waals surface area contributed by atoms with Crippen molar-refractivity contribution >= 4 is 5.97 Å². The second-order valence-electron chi connectivity index (χ2n) is 5.23. The number of nitrogens with zero attached hydrogens (tertiary/aromatic N) is 3. The van der Waals surface area contributed by atoms with Gasteiger partial charge in [0, 0.05) is 32.7 Å². The number of piperazine rings is 1. The number of hydrogen-bond acceptors (Lipinski definition) is 5. The molecule has 0 unspecified atom stereocenters. The molecule has 1 saturated heterocycles. The third-order valence-corrected chi connectivity index (χ3v) is 3.83. The van der Waals surface area contributed by atoms with Gasteiger partial charge in [-0.2, -0.15) is 5.26 Å². The molecule has 1 aromatic carbocycles. The quantitative estimate of drug-likeness (QED) is 0.598. The van der Waals surface area contributed by atoms with Crippen molar-refractivity contribution in [3.8, 4) is 6.07 Å². The van der Waals surface area contributed by atoms with E-state index in [2.05, 4.69) is 21.9 Å². The Morgan fingerprint density at radius 1 is 1.19 bits per heavy atom. The molecule has 0 spiro atoms. The number of methoxy groups -OCH3 is 1. The van der Waals surface area contributed by atoms with Crippen LogP contribution < -0.4 is 0 Å². The first-order valence-electron chi connectivity index (χ1n) is 7.18. The number of hydrogen-bond donors (Lipinski definition) is 0. The minimum absolute atomic E-state index is 0.207. The number of nitriles is 1. The molecule has 0 saturated carbocycles. The van der Waals surface area contributed by atoms with Crippen molar-refractivity contribution in [3.63, 3.8) is 0 Å².